The van der Waals surface area contributed by atoms with E-state index in [4.69, 9.17) is 5.73 Å². The van der Waals surface area contributed by atoms with Crippen LogP contribution in [0.25, 0.3) is 0 Å². The molecule has 0 amide bonds. The minimum absolute atomic E-state index is 0.145. The Morgan fingerprint density at radius 3 is 2.89 bits per heavy atom. The molecule has 0 aliphatic rings. The maximum Gasteiger partial charge on any atom is 0.241 e. The molecule has 3 N–H and O–H groups in total. The van der Waals surface area contributed by atoms with E-state index in [0.29, 0.717) is 23.1 Å². The Balaban J connectivity index is 2.07. The van der Waals surface area contributed by atoms with E-state index in [-0.39, 0.29) is 4.90 Å². The van der Waals surface area contributed by atoms with Crippen LogP contribution in [-0.2, 0) is 16.4 Å². The van der Waals surface area contributed by atoms with Gasteiger partial charge in [-0.05, 0) is 34.1 Å². The first-order valence-corrected chi connectivity index (χ1v) is 8.58. The molecule has 2 aromatic rings. The molecule has 0 atom stereocenters. The number of nitrogens with zero attached hydrogens (tertiary/aromatic N) is 1. The summed E-state index contributed by atoms with van der Waals surface area (Å²) in [5.41, 5.74) is 6.01. The van der Waals surface area contributed by atoms with E-state index >= 15 is 0 Å². The molecule has 1 aromatic heterocycles. The van der Waals surface area contributed by atoms with Gasteiger partial charge in [0.25, 0.3) is 0 Å². The van der Waals surface area contributed by atoms with E-state index in [1.165, 1.54) is 17.4 Å². The molecule has 0 unspecified atom stereocenters. The highest BCUT2D eigenvalue weighted by Gasteiger charge is 2.17. The highest BCUT2D eigenvalue weighted by Crippen LogP contribution is 2.23. The minimum atomic E-state index is -3.57. The molecule has 0 fully saturated rings. The standard InChI is InChI=1S/C11H12BrN3O2S2/c12-9-2-1-8(13)7-10(9)19(16,17)15-4-3-11-14-5-6-18-11/h1-2,5-7,15H,3-4,13H2. The molecule has 0 saturated carbocycles. The third-order valence-corrected chi connectivity index (χ3v) is 5.65. The first-order valence-electron chi connectivity index (χ1n) is 5.42. The van der Waals surface area contributed by atoms with Crippen LogP contribution in [0.5, 0.6) is 0 Å². The van der Waals surface area contributed by atoms with Crippen LogP contribution in [0.15, 0.2) is 39.1 Å². The number of sulfonamides is 1. The number of nitrogens with two attached hydrogens (primary N) is 1. The predicted octanol–water partition coefficient (Wildman–Crippen LogP) is 2.01. The Morgan fingerprint density at radius 2 is 2.21 bits per heavy atom. The molecule has 0 spiro atoms. The van der Waals surface area contributed by atoms with E-state index < -0.39 is 10.0 Å². The summed E-state index contributed by atoms with van der Waals surface area (Å²) in [6, 6.07) is 4.68. The summed E-state index contributed by atoms with van der Waals surface area (Å²) in [4.78, 5) is 4.24. The second-order valence-corrected chi connectivity index (χ2v) is 7.33. The number of aromatic nitrogens is 1. The average molecular weight is 362 g/mol. The molecule has 0 saturated heterocycles. The van der Waals surface area contributed by atoms with Crippen molar-refractivity contribution in [1.82, 2.24) is 9.71 Å². The maximum atomic E-state index is 12.1. The van der Waals surface area contributed by atoms with Gasteiger partial charge in [-0.3, -0.25) is 0 Å². The van der Waals surface area contributed by atoms with E-state index in [1.54, 1.807) is 18.3 Å². The lowest BCUT2D eigenvalue weighted by atomic mass is 10.3. The van der Waals surface area contributed by atoms with Crippen LogP contribution in [0.3, 0.4) is 0 Å². The topological polar surface area (TPSA) is 85.1 Å². The van der Waals surface area contributed by atoms with E-state index in [1.807, 2.05) is 5.38 Å². The number of rotatable bonds is 5. The molecule has 102 valence electrons. The number of hydrogen-bond donors (Lipinski definition) is 2. The molecule has 0 aliphatic heterocycles. The monoisotopic (exact) mass is 361 g/mol. The van der Waals surface area contributed by atoms with Crippen LogP contribution in [0.1, 0.15) is 5.01 Å². The van der Waals surface area contributed by atoms with Crippen molar-refractivity contribution in [1.29, 1.82) is 0 Å². The van der Waals surface area contributed by atoms with Crippen molar-refractivity contribution in [2.24, 2.45) is 0 Å². The predicted molar refractivity (Wildman–Crippen MR) is 79.6 cm³/mol. The van der Waals surface area contributed by atoms with Gasteiger partial charge in [0, 0.05) is 34.7 Å². The van der Waals surface area contributed by atoms with Crippen LogP contribution in [0.4, 0.5) is 5.69 Å². The fraction of sp³-hybridized carbons (Fsp3) is 0.182. The Labute approximate surface area is 124 Å². The number of thiazole rings is 1. The van der Waals surface area contributed by atoms with Crippen molar-refractivity contribution < 1.29 is 8.42 Å². The van der Waals surface area contributed by atoms with Gasteiger partial charge in [0.15, 0.2) is 0 Å². The number of nitrogen functional groups attached to an aromatic ring is 1. The van der Waals surface area contributed by atoms with E-state index in [2.05, 4.69) is 25.6 Å². The van der Waals surface area contributed by atoms with Crippen LogP contribution >= 0.6 is 27.3 Å². The summed E-state index contributed by atoms with van der Waals surface area (Å²) in [6.07, 6.45) is 2.26. The van der Waals surface area contributed by atoms with Gasteiger partial charge >= 0.3 is 0 Å². The summed E-state index contributed by atoms with van der Waals surface area (Å²) < 4.78 is 27.3. The van der Waals surface area contributed by atoms with Crippen LogP contribution < -0.4 is 10.5 Å². The zero-order valence-corrected chi connectivity index (χ0v) is 13.1. The first-order chi connectivity index (χ1) is 8.99. The Kier molecular flexibility index (Phi) is 4.56. The number of nitrogens with one attached hydrogen (secondary N) is 1. The third kappa shape index (κ3) is 3.75. The largest absolute Gasteiger partial charge is 0.399 e. The van der Waals surface area contributed by atoms with Crippen LogP contribution in [0, 0.1) is 0 Å². The van der Waals surface area contributed by atoms with E-state index in [0.717, 1.165) is 5.01 Å². The summed E-state index contributed by atoms with van der Waals surface area (Å²) in [6.45, 7) is 0.303. The molecule has 1 aromatic carbocycles. The lowest BCUT2D eigenvalue weighted by Crippen LogP contribution is -2.26. The normalized spacial score (nSPS) is 11.6. The number of halogens is 1. The van der Waals surface area contributed by atoms with Gasteiger partial charge in [0.05, 0.1) is 9.90 Å². The van der Waals surface area contributed by atoms with Gasteiger partial charge < -0.3 is 5.73 Å². The molecule has 0 bridgehead atoms. The Bertz CT molecular complexity index is 657. The number of benzene rings is 1. The Morgan fingerprint density at radius 1 is 1.42 bits per heavy atom. The molecule has 2 rings (SSSR count). The summed E-state index contributed by atoms with van der Waals surface area (Å²) in [5.74, 6) is 0. The van der Waals surface area contributed by atoms with Gasteiger partial charge in [-0.25, -0.2) is 18.1 Å². The lowest BCUT2D eigenvalue weighted by Gasteiger charge is -2.08. The lowest BCUT2D eigenvalue weighted by molar-refractivity contribution is 0.581. The molecule has 5 nitrogen and oxygen atoms in total. The van der Waals surface area contributed by atoms with Crippen molar-refractivity contribution in [2.75, 3.05) is 12.3 Å². The van der Waals surface area contributed by atoms with E-state index in [9.17, 15) is 8.42 Å². The first kappa shape index (κ1) is 14.4. The van der Waals surface area contributed by atoms with Crippen LogP contribution in [0.2, 0.25) is 0 Å². The average Bonchev–Trinajstić information content (AvgIpc) is 2.85. The van der Waals surface area contributed by atoms with Gasteiger partial charge in [0.2, 0.25) is 10.0 Å². The van der Waals surface area contributed by atoms with Crippen LogP contribution in [-0.4, -0.2) is 19.9 Å². The SMILES string of the molecule is Nc1ccc(Br)c(S(=O)(=O)NCCc2nccs2)c1. The smallest absolute Gasteiger partial charge is 0.241 e. The van der Waals surface area contributed by atoms with Crippen molar-refractivity contribution >= 4 is 43.0 Å². The van der Waals surface area contributed by atoms with Gasteiger partial charge in [-0.2, -0.15) is 0 Å². The molecular weight excluding hydrogens is 350 g/mol. The highest BCUT2D eigenvalue weighted by molar-refractivity contribution is 9.10. The van der Waals surface area contributed by atoms with Gasteiger partial charge in [-0.1, -0.05) is 0 Å². The number of anilines is 1. The van der Waals surface area contributed by atoms with Crippen molar-refractivity contribution in [2.45, 2.75) is 11.3 Å². The summed E-state index contributed by atoms with van der Waals surface area (Å²) in [5, 5.41) is 2.76. The van der Waals surface area contributed by atoms with Crippen molar-refractivity contribution in [3.8, 4) is 0 Å². The summed E-state index contributed by atoms with van der Waals surface area (Å²) in [7, 11) is -3.57. The quantitative estimate of drug-likeness (QED) is 0.797. The van der Waals surface area contributed by atoms with Gasteiger partial charge in [-0.15, -0.1) is 11.3 Å². The Hall–Kier alpha value is -0.960. The second-order valence-electron chi connectivity index (χ2n) is 3.76. The van der Waals surface area contributed by atoms with Crippen molar-refractivity contribution in [3.05, 3.63) is 39.3 Å². The molecule has 8 heteroatoms. The second kappa shape index (κ2) is 6.00. The molecule has 0 radical (unpaired) electrons. The minimum Gasteiger partial charge on any atom is -0.399 e. The number of hydrogen-bond acceptors (Lipinski definition) is 5. The fourth-order valence-corrected chi connectivity index (χ4v) is 4.12. The van der Waals surface area contributed by atoms with Crippen molar-refractivity contribution in [3.63, 3.8) is 0 Å². The zero-order valence-electron chi connectivity index (χ0n) is 9.84. The summed E-state index contributed by atoms with van der Waals surface area (Å²) >= 11 is 4.71. The fourth-order valence-electron chi connectivity index (χ4n) is 1.47. The maximum absolute atomic E-state index is 12.1. The molecule has 19 heavy (non-hydrogen) atoms. The van der Waals surface area contributed by atoms with Gasteiger partial charge in [0.1, 0.15) is 0 Å². The molecule has 0 aliphatic carbocycles. The highest BCUT2D eigenvalue weighted by atomic mass is 79.9. The zero-order chi connectivity index (χ0) is 13.9. The third-order valence-electron chi connectivity index (χ3n) is 2.36. The molecule has 1 heterocycles. The molecular formula is C11H12BrN3O2S2.